The fraction of sp³-hybridized carbons (Fsp3) is 0.258. The highest BCUT2D eigenvalue weighted by Gasteiger charge is 2.36. The van der Waals surface area contributed by atoms with Gasteiger partial charge in [-0.3, -0.25) is 28.8 Å². The molecule has 0 N–H and O–H groups in total. The zero-order chi connectivity index (χ0) is 28.2. The molecular weight excluding hydrogens is 526 g/mol. The van der Waals surface area contributed by atoms with Crippen molar-refractivity contribution >= 4 is 29.2 Å². The van der Waals surface area contributed by atoms with Crippen molar-refractivity contribution in [3.05, 3.63) is 112 Å². The van der Waals surface area contributed by atoms with Crippen molar-refractivity contribution in [2.75, 3.05) is 13.1 Å². The van der Waals surface area contributed by atoms with Gasteiger partial charge < -0.3 is 0 Å². The molecule has 0 radical (unpaired) electrons. The lowest BCUT2D eigenvalue weighted by Gasteiger charge is -2.22. The molecule has 1 aromatic heterocycles. The van der Waals surface area contributed by atoms with Gasteiger partial charge in [0, 0.05) is 16.1 Å². The maximum atomic E-state index is 13.7. The van der Waals surface area contributed by atoms with Crippen LogP contribution in [0.25, 0.3) is 5.69 Å². The Hall–Kier alpha value is -4.14. The number of carbonyl (C=O) groups excluding carboxylic acids is 3. The van der Waals surface area contributed by atoms with E-state index in [9.17, 15) is 14.4 Å². The van der Waals surface area contributed by atoms with E-state index in [1.54, 1.807) is 59.2 Å². The van der Waals surface area contributed by atoms with Crippen LogP contribution in [-0.2, 0) is 13.1 Å². The van der Waals surface area contributed by atoms with Gasteiger partial charge in [-0.05, 0) is 56.3 Å². The van der Waals surface area contributed by atoms with Crippen molar-refractivity contribution in [1.29, 1.82) is 0 Å². The van der Waals surface area contributed by atoms with Gasteiger partial charge in [-0.1, -0.05) is 67.9 Å². The van der Waals surface area contributed by atoms with Crippen molar-refractivity contribution in [2.45, 2.75) is 39.8 Å². The van der Waals surface area contributed by atoms with E-state index in [0.29, 0.717) is 51.2 Å². The van der Waals surface area contributed by atoms with Gasteiger partial charge in [0.25, 0.3) is 11.8 Å². The number of amides is 2. The predicted molar refractivity (Wildman–Crippen MR) is 153 cm³/mol. The quantitative estimate of drug-likeness (QED) is 0.178. The molecule has 0 bridgehead atoms. The highest BCUT2D eigenvalue weighted by atomic mass is 35.5. The summed E-state index contributed by atoms with van der Waals surface area (Å²) in [4.78, 5) is 43.6. The summed E-state index contributed by atoms with van der Waals surface area (Å²) >= 11 is 6.38. The molecule has 40 heavy (non-hydrogen) atoms. The van der Waals surface area contributed by atoms with Gasteiger partial charge in [-0.25, -0.2) is 0 Å². The van der Waals surface area contributed by atoms with Gasteiger partial charge in [0.2, 0.25) is 0 Å². The van der Waals surface area contributed by atoms with E-state index in [1.807, 2.05) is 18.2 Å². The van der Waals surface area contributed by atoms with E-state index in [2.05, 4.69) is 28.9 Å². The number of carbonyl (C=O) groups is 3. The number of imide groups is 1. The van der Waals surface area contributed by atoms with Gasteiger partial charge in [0.1, 0.15) is 0 Å². The van der Waals surface area contributed by atoms with Crippen LogP contribution in [0.4, 0.5) is 0 Å². The zero-order valence-electron chi connectivity index (χ0n) is 22.5. The van der Waals surface area contributed by atoms with Gasteiger partial charge in [-0.2, -0.15) is 0 Å². The largest absolute Gasteiger partial charge is 0.296 e. The minimum Gasteiger partial charge on any atom is -0.296 e. The third-order valence-corrected chi connectivity index (χ3v) is 7.13. The smallest absolute Gasteiger partial charge is 0.261 e. The molecule has 2 heterocycles. The molecule has 2 amide bonds. The molecule has 0 unspecified atom stereocenters. The molecule has 1 aliphatic rings. The number of aromatic nitrogens is 3. The average molecular weight is 556 g/mol. The first-order valence-electron chi connectivity index (χ1n) is 13.4. The monoisotopic (exact) mass is 555 g/mol. The molecule has 9 heteroatoms. The Labute approximate surface area is 238 Å². The molecule has 4 aromatic rings. The van der Waals surface area contributed by atoms with Gasteiger partial charge >= 0.3 is 0 Å². The Bertz CT molecular complexity index is 1530. The van der Waals surface area contributed by atoms with Crippen LogP contribution in [0, 0.1) is 0 Å². The van der Waals surface area contributed by atoms with Crippen LogP contribution in [0.3, 0.4) is 0 Å². The molecule has 0 fully saturated rings. The number of nitrogens with zero attached hydrogens (tertiary/aromatic N) is 5. The highest BCUT2D eigenvalue weighted by Crippen LogP contribution is 2.28. The topological polar surface area (TPSA) is 88.4 Å². The first kappa shape index (κ1) is 27.4. The van der Waals surface area contributed by atoms with Crippen LogP contribution in [0.2, 0.25) is 5.02 Å². The summed E-state index contributed by atoms with van der Waals surface area (Å²) in [5.41, 5.74) is 2.16. The van der Waals surface area contributed by atoms with Crippen molar-refractivity contribution in [3.8, 4) is 5.69 Å². The second-order valence-corrected chi connectivity index (χ2v) is 10.2. The number of halogens is 1. The standard InChI is InChI=1S/C31H30ClN5O3/c1-3-16-35(17-4-2)19-27-33-34-28(20-36-30(39)23-12-8-9-13-24(23)31(36)40)37(27)26-15-14-22(32)18-25(26)29(38)21-10-6-5-7-11-21/h5-15,18H,3-4,16-17,19-20H2,1-2H3. The minimum atomic E-state index is -0.382. The van der Waals surface area contributed by atoms with Gasteiger partial charge in [-0.15, -0.1) is 10.2 Å². The van der Waals surface area contributed by atoms with Gasteiger partial charge in [0.05, 0.1) is 29.9 Å². The SMILES string of the molecule is CCCN(CCC)Cc1nnc(CN2C(=O)c3ccccc3C2=O)n1-c1ccc(Cl)cc1C(=O)c1ccccc1. The summed E-state index contributed by atoms with van der Waals surface area (Å²) in [6, 6.07) is 20.9. The van der Waals surface area contributed by atoms with Crippen molar-refractivity contribution in [2.24, 2.45) is 0 Å². The number of rotatable bonds is 11. The minimum absolute atomic E-state index is 0.0947. The summed E-state index contributed by atoms with van der Waals surface area (Å²) in [5.74, 6) is 0.0159. The summed E-state index contributed by atoms with van der Waals surface area (Å²) in [7, 11) is 0. The van der Waals surface area contributed by atoms with Crippen molar-refractivity contribution < 1.29 is 14.4 Å². The third-order valence-electron chi connectivity index (χ3n) is 6.90. The Balaban J connectivity index is 1.62. The van der Waals surface area contributed by atoms with E-state index < -0.39 is 0 Å². The number of hydrogen-bond acceptors (Lipinski definition) is 6. The maximum Gasteiger partial charge on any atom is 0.261 e. The normalized spacial score (nSPS) is 12.8. The summed E-state index contributed by atoms with van der Waals surface area (Å²) in [5, 5.41) is 9.38. The predicted octanol–water partition coefficient (Wildman–Crippen LogP) is 5.57. The number of ketones is 1. The summed E-state index contributed by atoms with van der Waals surface area (Å²) < 4.78 is 1.80. The summed E-state index contributed by atoms with van der Waals surface area (Å²) in [6.45, 7) is 6.37. The van der Waals surface area contributed by atoms with Crippen LogP contribution in [0.15, 0.2) is 72.8 Å². The Morgan fingerprint density at radius 3 is 2.05 bits per heavy atom. The number of fused-ring (bicyclic) bond motifs is 1. The van der Waals surface area contributed by atoms with Crippen LogP contribution in [0.5, 0.6) is 0 Å². The molecular formula is C31H30ClN5O3. The lowest BCUT2D eigenvalue weighted by molar-refractivity contribution is 0.0637. The lowest BCUT2D eigenvalue weighted by atomic mass is 10.0. The lowest BCUT2D eigenvalue weighted by Crippen LogP contribution is -2.31. The number of benzene rings is 3. The van der Waals surface area contributed by atoms with E-state index in [-0.39, 0.29) is 24.1 Å². The van der Waals surface area contributed by atoms with Crippen LogP contribution >= 0.6 is 11.6 Å². The fourth-order valence-electron chi connectivity index (χ4n) is 5.09. The molecule has 8 nitrogen and oxygen atoms in total. The van der Waals surface area contributed by atoms with E-state index in [1.165, 1.54) is 4.90 Å². The maximum absolute atomic E-state index is 13.7. The third kappa shape index (κ3) is 5.33. The molecule has 0 saturated carbocycles. The Morgan fingerprint density at radius 2 is 1.43 bits per heavy atom. The van der Waals surface area contributed by atoms with Crippen LogP contribution in [0.1, 0.15) is 75.0 Å². The van der Waals surface area contributed by atoms with E-state index in [0.717, 1.165) is 25.9 Å². The average Bonchev–Trinajstić information content (AvgIpc) is 3.47. The Morgan fingerprint density at radius 1 is 0.825 bits per heavy atom. The molecule has 1 aliphatic heterocycles. The fourth-order valence-corrected chi connectivity index (χ4v) is 5.27. The molecule has 0 atom stereocenters. The highest BCUT2D eigenvalue weighted by molar-refractivity contribution is 6.31. The Kier molecular flexibility index (Phi) is 8.19. The van der Waals surface area contributed by atoms with E-state index >= 15 is 0 Å². The summed E-state index contributed by atoms with van der Waals surface area (Å²) in [6.07, 6.45) is 1.93. The van der Waals surface area contributed by atoms with Crippen molar-refractivity contribution in [1.82, 2.24) is 24.6 Å². The molecule has 0 saturated heterocycles. The van der Waals surface area contributed by atoms with Crippen molar-refractivity contribution in [3.63, 3.8) is 0 Å². The first-order chi connectivity index (χ1) is 19.4. The van der Waals surface area contributed by atoms with Crippen LogP contribution in [-0.4, -0.2) is 55.3 Å². The zero-order valence-corrected chi connectivity index (χ0v) is 23.3. The first-order valence-corrected chi connectivity index (χ1v) is 13.8. The van der Waals surface area contributed by atoms with Gasteiger partial charge in [0.15, 0.2) is 17.4 Å². The second-order valence-electron chi connectivity index (χ2n) is 9.74. The molecule has 5 rings (SSSR count). The molecule has 0 aliphatic carbocycles. The second kappa shape index (κ2) is 11.9. The number of hydrogen-bond donors (Lipinski definition) is 0. The molecule has 204 valence electrons. The molecule has 3 aromatic carbocycles. The van der Waals surface area contributed by atoms with E-state index in [4.69, 9.17) is 11.6 Å². The molecule has 0 spiro atoms. The van der Waals surface area contributed by atoms with Crippen LogP contribution < -0.4 is 0 Å².